The predicted molar refractivity (Wildman–Crippen MR) is 105 cm³/mol. The van der Waals surface area contributed by atoms with Crippen LogP contribution in [0.25, 0.3) is 11.2 Å². The van der Waals surface area contributed by atoms with Crippen molar-refractivity contribution in [3.63, 3.8) is 0 Å². The third-order valence-electron chi connectivity index (χ3n) is 4.01. The van der Waals surface area contributed by atoms with Gasteiger partial charge in [0.15, 0.2) is 10.8 Å². The van der Waals surface area contributed by atoms with E-state index < -0.39 is 0 Å². The van der Waals surface area contributed by atoms with Gasteiger partial charge in [0, 0.05) is 5.75 Å². The van der Waals surface area contributed by atoms with Crippen LogP contribution in [0, 0.1) is 0 Å². The van der Waals surface area contributed by atoms with Crippen molar-refractivity contribution in [2.45, 2.75) is 17.5 Å². The zero-order chi connectivity index (χ0) is 18.5. The monoisotopic (exact) mass is 378 g/mol. The molecule has 2 aromatic heterocycles. The second-order valence-electron chi connectivity index (χ2n) is 5.86. The Balaban J connectivity index is 1.31. The van der Waals surface area contributed by atoms with Gasteiger partial charge in [-0.1, -0.05) is 36.0 Å². The Hall–Kier alpha value is -3.06. The highest BCUT2D eigenvalue weighted by atomic mass is 32.2. The number of nitrogens with zero attached hydrogens (tertiary/aromatic N) is 3. The smallest absolute Gasteiger partial charge is 0.190 e. The average molecular weight is 378 g/mol. The van der Waals surface area contributed by atoms with Crippen molar-refractivity contribution >= 4 is 22.9 Å². The van der Waals surface area contributed by atoms with Gasteiger partial charge in [-0.15, -0.1) is 0 Å². The lowest BCUT2D eigenvalue weighted by Gasteiger charge is -2.08. The molecule has 0 atom stereocenters. The summed E-state index contributed by atoms with van der Waals surface area (Å²) in [7, 11) is 1.66. The second-order valence-corrected chi connectivity index (χ2v) is 6.80. The van der Waals surface area contributed by atoms with Crippen molar-refractivity contribution in [1.82, 2.24) is 19.9 Å². The molecule has 2 aromatic carbocycles. The summed E-state index contributed by atoms with van der Waals surface area (Å²) >= 11 is 1.58. The van der Waals surface area contributed by atoms with Crippen molar-refractivity contribution < 1.29 is 9.47 Å². The Morgan fingerprint density at radius 1 is 0.926 bits per heavy atom. The summed E-state index contributed by atoms with van der Waals surface area (Å²) in [4.78, 5) is 15.9. The molecule has 136 valence electrons. The third-order valence-corrected chi connectivity index (χ3v) is 4.94. The first-order valence-corrected chi connectivity index (χ1v) is 9.42. The summed E-state index contributed by atoms with van der Waals surface area (Å²) in [5.74, 6) is 2.47. The third kappa shape index (κ3) is 4.38. The zero-order valence-electron chi connectivity index (χ0n) is 14.8. The Bertz CT molecular complexity index is 1020. The summed E-state index contributed by atoms with van der Waals surface area (Å²) in [6.07, 6.45) is 3.38. The number of nitrogens with one attached hydrogen (secondary N) is 1. The number of hydrogen-bond donors (Lipinski definition) is 1. The van der Waals surface area contributed by atoms with Gasteiger partial charge < -0.3 is 14.5 Å². The maximum atomic E-state index is 5.84. The minimum Gasteiger partial charge on any atom is -0.497 e. The van der Waals surface area contributed by atoms with Crippen molar-refractivity contribution in [1.29, 1.82) is 0 Å². The minimum absolute atomic E-state index is 0.523. The molecule has 6 nitrogen and oxygen atoms in total. The van der Waals surface area contributed by atoms with Gasteiger partial charge in [0.05, 0.1) is 19.6 Å². The average Bonchev–Trinajstić information content (AvgIpc) is 3.20. The molecule has 2 heterocycles. The van der Waals surface area contributed by atoms with Gasteiger partial charge in [0.25, 0.3) is 0 Å². The quantitative estimate of drug-likeness (QED) is 0.383. The number of hydrogen-bond acceptors (Lipinski definition) is 6. The first-order chi connectivity index (χ1) is 13.3. The zero-order valence-corrected chi connectivity index (χ0v) is 15.6. The summed E-state index contributed by atoms with van der Waals surface area (Å²) < 4.78 is 11.0. The summed E-state index contributed by atoms with van der Waals surface area (Å²) in [5, 5.41) is 0.717. The molecular weight excluding hydrogens is 360 g/mol. The van der Waals surface area contributed by atoms with E-state index in [-0.39, 0.29) is 0 Å². The summed E-state index contributed by atoms with van der Waals surface area (Å²) in [6, 6.07) is 15.9. The Morgan fingerprint density at radius 3 is 2.44 bits per heavy atom. The second kappa shape index (κ2) is 8.09. The van der Waals surface area contributed by atoms with Crippen molar-refractivity contribution in [3.05, 3.63) is 72.2 Å². The number of H-pyrrole nitrogens is 1. The fraction of sp³-hybridized carbons (Fsp3) is 0.150. The van der Waals surface area contributed by atoms with Crippen LogP contribution in [0.3, 0.4) is 0 Å². The van der Waals surface area contributed by atoms with Crippen LogP contribution in [0.2, 0.25) is 0 Å². The topological polar surface area (TPSA) is 72.9 Å². The fourth-order valence-electron chi connectivity index (χ4n) is 2.51. The maximum absolute atomic E-state index is 5.84. The molecule has 0 unspecified atom stereocenters. The lowest BCUT2D eigenvalue weighted by Crippen LogP contribution is -1.95. The Morgan fingerprint density at radius 2 is 1.67 bits per heavy atom. The van der Waals surface area contributed by atoms with Gasteiger partial charge in [0.2, 0.25) is 0 Å². The lowest BCUT2D eigenvalue weighted by atomic mass is 10.2. The number of rotatable bonds is 7. The van der Waals surface area contributed by atoms with Gasteiger partial charge in [-0.05, 0) is 35.4 Å². The maximum Gasteiger partial charge on any atom is 0.190 e. The van der Waals surface area contributed by atoms with E-state index in [9.17, 15) is 0 Å². The first-order valence-electron chi connectivity index (χ1n) is 8.44. The molecule has 27 heavy (non-hydrogen) atoms. The summed E-state index contributed by atoms with van der Waals surface area (Å²) in [6.45, 7) is 0.523. The summed E-state index contributed by atoms with van der Waals surface area (Å²) in [5.41, 5.74) is 3.82. The lowest BCUT2D eigenvalue weighted by molar-refractivity contribution is 0.306. The van der Waals surface area contributed by atoms with E-state index in [1.807, 2.05) is 36.4 Å². The van der Waals surface area contributed by atoms with Crippen molar-refractivity contribution in [2.75, 3.05) is 7.11 Å². The molecule has 0 aliphatic heterocycles. The molecule has 0 aliphatic carbocycles. The molecule has 0 bridgehead atoms. The standard InChI is InChI=1S/C20H18N4O2S/c1-25-16-6-2-14(3-7-16)11-26-17-8-4-15(5-9-17)12-27-20-21-10-18-19(24-20)23-13-22-18/h2-10,13H,11-12H2,1H3,(H,21,22,23,24). The molecule has 0 aliphatic rings. The van der Waals surface area contributed by atoms with Gasteiger partial charge in [-0.3, -0.25) is 0 Å². The first kappa shape index (κ1) is 17.4. The molecule has 0 saturated heterocycles. The van der Waals surface area contributed by atoms with Crippen LogP contribution >= 0.6 is 11.8 Å². The van der Waals surface area contributed by atoms with Crippen LogP contribution in [0.4, 0.5) is 0 Å². The number of imidazole rings is 1. The van der Waals surface area contributed by atoms with Crippen LogP contribution in [0.5, 0.6) is 11.5 Å². The molecule has 0 amide bonds. The highest BCUT2D eigenvalue weighted by Crippen LogP contribution is 2.22. The van der Waals surface area contributed by atoms with E-state index in [0.717, 1.165) is 33.5 Å². The van der Waals surface area contributed by atoms with Crippen molar-refractivity contribution in [2.24, 2.45) is 0 Å². The number of aromatic amines is 1. The van der Waals surface area contributed by atoms with E-state index >= 15 is 0 Å². The normalized spacial score (nSPS) is 10.9. The van der Waals surface area contributed by atoms with Gasteiger partial charge in [-0.25, -0.2) is 15.0 Å². The predicted octanol–water partition coefficient (Wildman–Crippen LogP) is 4.23. The molecule has 1 N–H and O–H groups in total. The minimum atomic E-state index is 0.523. The molecular formula is C20H18N4O2S. The van der Waals surface area contributed by atoms with Crippen LogP contribution in [0.15, 0.2) is 66.2 Å². The largest absolute Gasteiger partial charge is 0.497 e. The highest BCUT2D eigenvalue weighted by Gasteiger charge is 2.04. The van der Waals surface area contributed by atoms with Gasteiger partial charge in [-0.2, -0.15) is 0 Å². The van der Waals surface area contributed by atoms with Gasteiger partial charge >= 0.3 is 0 Å². The SMILES string of the molecule is COc1ccc(COc2ccc(CSc3ncc4[nH]cnc4n3)cc2)cc1. The van der Waals surface area contributed by atoms with Crippen LogP contribution < -0.4 is 9.47 Å². The number of methoxy groups -OCH3 is 1. The number of thioether (sulfide) groups is 1. The molecule has 0 spiro atoms. The molecule has 4 rings (SSSR count). The Labute approximate surface area is 161 Å². The molecule has 0 fully saturated rings. The van der Waals surface area contributed by atoms with Crippen LogP contribution in [-0.2, 0) is 12.4 Å². The van der Waals surface area contributed by atoms with E-state index in [2.05, 4.69) is 32.1 Å². The number of fused-ring (bicyclic) bond motifs is 1. The van der Waals surface area contributed by atoms with Gasteiger partial charge in [0.1, 0.15) is 23.6 Å². The number of ether oxygens (including phenoxy) is 2. The van der Waals surface area contributed by atoms with E-state index in [1.165, 1.54) is 5.56 Å². The van der Waals surface area contributed by atoms with E-state index in [0.29, 0.717) is 12.3 Å². The van der Waals surface area contributed by atoms with Crippen LogP contribution in [-0.4, -0.2) is 27.0 Å². The van der Waals surface area contributed by atoms with Crippen LogP contribution in [0.1, 0.15) is 11.1 Å². The molecule has 4 aromatic rings. The van der Waals surface area contributed by atoms with E-state index in [1.54, 1.807) is 31.4 Å². The highest BCUT2D eigenvalue weighted by molar-refractivity contribution is 7.98. The number of aromatic nitrogens is 4. The fourth-order valence-corrected chi connectivity index (χ4v) is 3.27. The molecule has 7 heteroatoms. The number of benzene rings is 2. The Kier molecular flexibility index (Phi) is 5.20. The molecule has 0 saturated carbocycles. The van der Waals surface area contributed by atoms with E-state index in [4.69, 9.17) is 9.47 Å². The molecule has 0 radical (unpaired) electrons. The van der Waals surface area contributed by atoms with Crippen molar-refractivity contribution in [3.8, 4) is 11.5 Å².